The Labute approximate surface area is 87.4 Å². The van der Waals surface area contributed by atoms with Gasteiger partial charge in [0.2, 0.25) is 0 Å². The molecule has 0 aromatic carbocycles. The summed E-state index contributed by atoms with van der Waals surface area (Å²) >= 11 is 6.34. The molecule has 0 heterocycles. The molecule has 0 bridgehead atoms. The highest BCUT2D eigenvalue weighted by Crippen LogP contribution is 2.30. The van der Waals surface area contributed by atoms with Crippen molar-refractivity contribution >= 4 is 11.6 Å². The predicted octanol–water partition coefficient (Wildman–Crippen LogP) is 4.53. The van der Waals surface area contributed by atoms with E-state index in [-0.39, 0.29) is 0 Å². The van der Waals surface area contributed by atoms with Crippen LogP contribution in [0.3, 0.4) is 0 Å². The van der Waals surface area contributed by atoms with Gasteiger partial charge in [0.05, 0.1) is 0 Å². The van der Waals surface area contributed by atoms with Gasteiger partial charge in [0.15, 0.2) is 0 Å². The van der Waals surface area contributed by atoms with Crippen molar-refractivity contribution in [2.24, 2.45) is 5.92 Å². The maximum atomic E-state index is 6.34. The molecule has 76 valence electrons. The fourth-order valence-electron chi connectivity index (χ4n) is 2.19. The standard InChI is InChI=1S/C12H21Cl/c1-2-3-5-8-11-9-6-4-7-10-12(11)13/h2,11-12H,1,3-10H2. The minimum atomic E-state index is 0.451. The number of hydrogen-bond acceptors (Lipinski definition) is 0. The van der Waals surface area contributed by atoms with Crippen LogP contribution < -0.4 is 0 Å². The highest BCUT2D eigenvalue weighted by atomic mass is 35.5. The third-order valence-electron chi connectivity index (χ3n) is 3.05. The van der Waals surface area contributed by atoms with Gasteiger partial charge in [0.1, 0.15) is 0 Å². The molecule has 1 aliphatic carbocycles. The van der Waals surface area contributed by atoms with E-state index in [4.69, 9.17) is 11.6 Å². The fraction of sp³-hybridized carbons (Fsp3) is 0.833. The lowest BCUT2D eigenvalue weighted by molar-refractivity contribution is 0.423. The van der Waals surface area contributed by atoms with Crippen molar-refractivity contribution in [2.45, 2.75) is 56.7 Å². The van der Waals surface area contributed by atoms with Crippen molar-refractivity contribution in [3.8, 4) is 0 Å². The SMILES string of the molecule is C=CCCCC1CCCCCC1Cl. The van der Waals surface area contributed by atoms with Crippen LogP contribution in [0.15, 0.2) is 12.7 Å². The van der Waals surface area contributed by atoms with Crippen LogP contribution in [0.5, 0.6) is 0 Å². The molecule has 1 aliphatic rings. The smallest absolute Gasteiger partial charge is 0.0364 e. The minimum absolute atomic E-state index is 0.451. The Morgan fingerprint density at radius 2 is 2.00 bits per heavy atom. The van der Waals surface area contributed by atoms with Crippen LogP contribution >= 0.6 is 11.6 Å². The monoisotopic (exact) mass is 200 g/mol. The molecule has 0 radical (unpaired) electrons. The number of unbranched alkanes of at least 4 members (excludes halogenated alkanes) is 1. The third kappa shape index (κ3) is 4.17. The molecular weight excluding hydrogens is 180 g/mol. The lowest BCUT2D eigenvalue weighted by Crippen LogP contribution is -2.12. The minimum Gasteiger partial charge on any atom is -0.123 e. The van der Waals surface area contributed by atoms with Crippen LogP contribution in [0, 0.1) is 5.92 Å². The normalized spacial score (nSPS) is 29.6. The number of hydrogen-bond donors (Lipinski definition) is 0. The first-order valence-electron chi connectivity index (χ1n) is 5.59. The van der Waals surface area contributed by atoms with Gasteiger partial charge >= 0.3 is 0 Å². The number of allylic oxidation sites excluding steroid dienone is 1. The third-order valence-corrected chi connectivity index (χ3v) is 3.62. The molecule has 0 aliphatic heterocycles. The predicted molar refractivity (Wildman–Crippen MR) is 60.3 cm³/mol. The maximum absolute atomic E-state index is 6.34. The summed E-state index contributed by atoms with van der Waals surface area (Å²) in [5.41, 5.74) is 0. The quantitative estimate of drug-likeness (QED) is 0.271. The lowest BCUT2D eigenvalue weighted by atomic mass is 9.94. The van der Waals surface area contributed by atoms with Gasteiger partial charge < -0.3 is 0 Å². The van der Waals surface area contributed by atoms with Gasteiger partial charge in [0, 0.05) is 5.38 Å². The Balaban J connectivity index is 2.23. The van der Waals surface area contributed by atoms with Crippen LogP contribution in [0.25, 0.3) is 0 Å². The average molecular weight is 201 g/mol. The van der Waals surface area contributed by atoms with Gasteiger partial charge in [-0.2, -0.15) is 0 Å². The molecule has 0 saturated heterocycles. The summed E-state index contributed by atoms with van der Waals surface area (Å²) in [4.78, 5) is 0. The molecule has 13 heavy (non-hydrogen) atoms. The van der Waals surface area contributed by atoms with E-state index < -0.39 is 0 Å². The highest BCUT2D eigenvalue weighted by molar-refractivity contribution is 6.20. The Bertz CT molecular complexity index is 142. The molecule has 1 rings (SSSR count). The molecule has 2 atom stereocenters. The van der Waals surface area contributed by atoms with Crippen LogP contribution in [0.1, 0.15) is 51.4 Å². The Morgan fingerprint density at radius 1 is 1.23 bits per heavy atom. The second-order valence-corrected chi connectivity index (χ2v) is 4.69. The van der Waals surface area contributed by atoms with E-state index in [1.54, 1.807) is 0 Å². The summed E-state index contributed by atoms with van der Waals surface area (Å²) in [6, 6.07) is 0. The van der Waals surface area contributed by atoms with Crippen molar-refractivity contribution < 1.29 is 0 Å². The van der Waals surface area contributed by atoms with E-state index in [1.807, 2.05) is 6.08 Å². The van der Waals surface area contributed by atoms with Gasteiger partial charge in [-0.05, 0) is 38.0 Å². The maximum Gasteiger partial charge on any atom is 0.0364 e. The molecule has 1 fully saturated rings. The molecule has 0 spiro atoms. The van der Waals surface area contributed by atoms with E-state index in [9.17, 15) is 0 Å². The topological polar surface area (TPSA) is 0 Å². The van der Waals surface area contributed by atoms with Crippen molar-refractivity contribution in [1.82, 2.24) is 0 Å². The van der Waals surface area contributed by atoms with Gasteiger partial charge in [-0.15, -0.1) is 18.2 Å². The fourth-order valence-corrected chi connectivity index (χ4v) is 2.60. The van der Waals surface area contributed by atoms with Gasteiger partial charge in [-0.3, -0.25) is 0 Å². The summed E-state index contributed by atoms with van der Waals surface area (Å²) in [7, 11) is 0. The van der Waals surface area contributed by atoms with Gasteiger partial charge in [-0.25, -0.2) is 0 Å². The largest absolute Gasteiger partial charge is 0.123 e. The molecule has 0 N–H and O–H groups in total. The van der Waals surface area contributed by atoms with E-state index in [1.165, 1.54) is 44.9 Å². The molecule has 2 unspecified atom stereocenters. The summed E-state index contributed by atoms with van der Waals surface area (Å²) in [5.74, 6) is 0.782. The first-order chi connectivity index (χ1) is 6.34. The second kappa shape index (κ2) is 6.48. The summed E-state index contributed by atoms with van der Waals surface area (Å²) < 4.78 is 0. The Kier molecular flexibility index (Phi) is 5.54. The summed E-state index contributed by atoms with van der Waals surface area (Å²) in [5, 5.41) is 0.451. The first-order valence-corrected chi connectivity index (χ1v) is 6.03. The van der Waals surface area contributed by atoms with Crippen LogP contribution in [-0.2, 0) is 0 Å². The summed E-state index contributed by atoms with van der Waals surface area (Å²) in [6.07, 6.45) is 12.5. The second-order valence-electron chi connectivity index (χ2n) is 4.13. The van der Waals surface area contributed by atoms with Gasteiger partial charge in [-0.1, -0.05) is 25.3 Å². The zero-order valence-corrected chi connectivity index (χ0v) is 9.23. The van der Waals surface area contributed by atoms with Crippen molar-refractivity contribution in [3.05, 3.63) is 12.7 Å². The van der Waals surface area contributed by atoms with Crippen LogP contribution in [0.2, 0.25) is 0 Å². The van der Waals surface area contributed by atoms with Crippen molar-refractivity contribution in [3.63, 3.8) is 0 Å². The lowest BCUT2D eigenvalue weighted by Gasteiger charge is -2.18. The van der Waals surface area contributed by atoms with Crippen molar-refractivity contribution in [2.75, 3.05) is 0 Å². The molecule has 0 amide bonds. The van der Waals surface area contributed by atoms with E-state index in [0.717, 1.165) is 12.3 Å². The average Bonchev–Trinajstić information content (AvgIpc) is 2.32. The van der Waals surface area contributed by atoms with Gasteiger partial charge in [0.25, 0.3) is 0 Å². The van der Waals surface area contributed by atoms with Crippen LogP contribution in [0.4, 0.5) is 0 Å². The molecule has 0 nitrogen and oxygen atoms in total. The van der Waals surface area contributed by atoms with Crippen molar-refractivity contribution in [1.29, 1.82) is 0 Å². The molecular formula is C12H21Cl. The molecule has 1 saturated carbocycles. The van der Waals surface area contributed by atoms with E-state index in [0.29, 0.717) is 5.38 Å². The van der Waals surface area contributed by atoms with E-state index in [2.05, 4.69) is 6.58 Å². The van der Waals surface area contributed by atoms with E-state index >= 15 is 0 Å². The zero-order valence-electron chi connectivity index (χ0n) is 8.47. The Hall–Kier alpha value is 0.0300. The number of halogens is 1. The molecule has 0 aromatic rings. The first kappa shape index (κ1) is 11.1. The number of alkyl halides is 1. The highest BCUT2D eigenvalue weighted by Gasteiger charge is 2.20. The molecule has 0 aromatic heterocycles. The zero-order chi connectivity index (χ0) is 9.52. The van der Waals surface area contributed by atoms with Crippen LogP contribution in [-0.4, -0.2) is 5.38 Å². The number of rotatable bonds is 4. The molecule has 1 heteroatoms. The Morgan fingerprint density at radius 3 is 2.77 bits per heavy atom. The summed E-state index contributed by atoms with van der Waals surface area (Å²) in [6.45, 7) is 3.75.